The molecule has 0 saturated carbocycles. The average Bonchev–Trinajstić information content (AvgIpc) is 2.16. The first kappa shape index (κ1) is 10.5. The third-order valence-electron chi connectivity index (χ3n) is 1.96. The zero-order valence-corrected chi connectivity index (χ0v) is 8.51. The first-order valence-electron chi connectivity index (χ1n) is 4.46. The monoisotopic (exact) mass is 198 g/mol. The predicted octanol–water partition coefficient (Wildman–Crippen LogP) is 1.95. The molecule has 1 atom stereocenters. The third kappa shape index (κ3) is 2.99. The number of benzene rings is 1. The smallest absolute Gasteiger partial charge is 0.0444 e. The van der Waals surface area contributed by atoms with Gasteiger partial charge in [-0.15, -0.1) is 0 Å². The normalized spacial score (nSPS) is 12.8. The van der Waals surface area contributed by atoms with Crippen molar-refractivity contribution in [3.8, 4) is 0 Å². The van der Waals surface area contributed by atoms with Gasteiger partial charge in [0.15, 0.2) is 0 Å². The van der Waals surface area contributed by atoms with Gasteiger partial charge < -0.3 is 11.1 Å². The van der Waals surface area contributed by atoms with Crippen LogP contribution in [0.5, 0.6) is 0 Å². The van der Waals surface area contributed by atoms with Gasteiger partial charge in [-0.2, -0.15) is 0 Å². The van der Waals surface area contributed by atoms with Gasteiger partial charge >= 0.3 is 0 Å². The second-order valence-electron chi connectivity index (χ2n) is 2.90. The lowest BCUT2D eigenvalue weighted by atomic mass is 10.1. The molecule has 0 radical (unpaired) electrons. The number of halogens is 1. The van der Waals surface area contributed by atoms with Gasteiger partial charge in [0.25, 0.3) is 0 Å². The molecule has 1 unspecified atom stereocenters. The van der Waals surface area contributed by atoms with Crippen LogP contribution in [0.1, 0.15) is 18.5 Å². The molecule has 0 spiro atoms. The van der Waals surface area contributed by atoms with Crippen LogP contribution in [-0.2, 0) is 0 Å². The van der Waals surface area contributed by atoms with Crippen molar-refractivity contribution in [1.82, 2.24) is 5.32 Å². The lowest BCUT2D eigenvalue weighted by Gasteiger charge is -2.15. The molecule has 0 aromatic heterocycles. The maximum absolute atomic E-state index is 5.78. The van der Waals surface area contributed by atoms with Crippen molar-refractivity contribution in [2.45, 2.75) is 13.0 Å². The molecule has 2 nitrogen and oxygen atoms in total. The van der Waals surface area contributed by atoms with E-state index in [0.29, 0.717) is 6.54 Å². The van der Waals surface area contributed by atoms with Gasteiger partial charge in [-0.05, 0) is 24.2 Å². The highest BCUT2D eigenvalue weighted by Gasteiger charge is 2.06. The van der Waals surface area contributed by atoms with Crippen molar-refractivity contribution in [2.75, 3.05) is 13.1 Å². The van der Waals surface area contributed by atoms with Crippen LogP contribution in [-0.4, -0.2) is 13.1 Å². The molecule has 3 N–H and O–H groups in total. The first-order valence-corrected chi connectivity index (χ1v) is 4.84. The minimum absolute atomic E-state index is 0.238. The molecule has 1 aromatic carbocycles. The Morgan fingerprint density at radius 2 is 2.00 bits per heavy atom. The molecular formula is C10H15ClN2. The Balaban J connectivity index is 2.73. The summed E-state index contributed by atoms with van der Waals surface area (Å²) in [6.07, 6.45) is 0. The van der Waals surface area contributed by atoms with Crippen LogP contribution in [0, 0.1) is 0 Å². The van der Waals surface area contributed by atoms with Crippen LogP contribution in [0.3, 0.4) is 0 Å². The second-order valence-corrected chi connectivity index (χ2v) is 3.33. The van der Waals surface area contributed by atoms with Gasteiger partial charge in [-0.1, -0.05) is 30.7 Å². The molecule has 0 saturated heterocycles. The van der Waals surface area contributed by atoms with Crippen LogP contribution in [0.2, 0.25) is 5.02 Å². The van der Waals surface area contributed by atoms with Crippen LogP contribution in [0.15, 0.2) is 24.3 Å². The summed E-state index contributed by atoms with van der Waals surface area (Å²) in [7, 11) is 0. The highest BCUT2D eigenvalue weighted by atomic mass is 35.5. The lowest BCUT2D eigenvalue weighted by Crippen LogP contribution is -2.27. The second kappa shape index (κ2) is 5.22. The molecule has 0 aliphatic rings. The molecule has 13 heavy (non-hydrogen) atoms. The molecule has 1 aromatic rings. The Bertz CT molecular complexity index is 246. The Labute approximate surface area is 84.1 Å². The third-order valence-corrected chi connectivity index (χ3v) is 2.21. The van der Waals surface area contributed by atoms with Gasteiger partial charge in [0.1, 0.15) is 0 Å². The SMILES string of the molecule is CCNC(CN)c1ccc(Cl)cc1. The summed E-state index contributed by atoms with van der Waals surface area (Å²) in [4.78, 5) is 0. The van der Waals surface area contributed by atoms with Crippen molar-refractivity contribution >= 4 is 11.6 Å². The number of nitrogens with one attached hydrogen (secondary N) is 1. The van der Waals surface area contributed by atoms with E-state index < -0.39 is 0 Å². The topological polar surface area (TPSA) is 38.0 Å². The molecular weight excluding hydrogens is 184 g/mol. The predicted molar refractivity (Wildman–Crippen MR) is 56.9 cm³/mol. The summed E-state index contributed by atoms with van der Waals surface area (Å²) in [5.74, 6) is 0. The summed E-state index contributed by atoms with van der Waals surface area (Å²) in [5, 5.41) is 4.06. The zero-order valence-electron chi connectivity index (χ0n) is 7.76. The molecule has 0 heterocycles. The standard InChI is InChI=1S/C10H15ClN2/c1-2-13-10(7-12)8-3-5-9(11)6-4-8/h3-6,10,13H,2,7,12H2,1H3. The number of hydrogen-bond acceptors (Lipinski definition) is 2. The summed E-state index contributed by atoms with van der Waals surface area (Å²) < 4.78 is 0. The maximum atomic E-state index is 5.78. The number of hydrogen-bond donors (Lipinski definition) is 2. The molecule has 0 bridgehead atoms. The average molecular weight is 199 g/mol. The van der Waals surface area contributed by atoms with E-state index in [1.54, 1.807) is 0 Å². The maximum Gasteiger partial charge on any atom is 0.0444 e. The van der Waals surface area contributed by atoms with Gasteiger partial charge in [-0.25, -0.2) is 0 Å². The van der Waals surface area contributed by atoms with E-state index in [1.807, 2.05) is 24.3 Å². The molecule has 0 aliphatic heterocycles. The van der Waals surface area contributed by atoms with Gasteiger partial charge in [0.2, 0.25) is 0 Å². The van der Waals surface area contributed by atoms with Gasteiger partial charge in [0, 0.05) is 17.6 Å². The minimum Gasteiger partial charge on any atom is -0.329 e. The van der Waals surface area contributed by atoms with E-state index in [9.17, 15) is 0 Å². The minimum atomic E-state index is 0.238. The van der Waals surface area contributed by atoms with Crippen LogP contribution < -0.4 is 11.1 Å². The Hall–Kier alpha value is -0.570. The summed E-state index contributed by atoms with van der Waals surface area (Å²) in [5.41, 5.74) is 6.82. The van der Waals surface area contributed by atoms with Crippen LogP contribution in [0.4, 0.5) is 0 Å². The van der Waals surface area contributed by atoms with Crippen molar-refractivity contribution in [2.24, 2.45) is 5.73 Å². The van der Waals surface area contributed by atoms with E-state index in [1.165, 1.54) is 5.56 Å². The fourth-order valence-electron chi connectivity index (χ4n) is 1.28. The van der Waals surface area contributed by atoms with E-state index in [-0.39, 0.29) is 6.04 Å². The quantitative estimate of drug-likeness (QED) is 0.776. The highest BCUT2D eigenvalue weighted by Crippen LogP contribution is 2.15. The zero-order chi connectivity index (χ0) is 9.68. The largest absolute Gasteiger partial charge is 0.329 e. The van der Waals surface area contributed by atoms with Crippen molar-refractivity contribution < 1.29 is 0 Å². The van der Waals surface area contributed by atoms with Crippen molar-refractivity contribution in [3.63, 3.8) is 0 Å². The highest BCUT2D eigenvalue weighted by molar-refractivity contribution is 6.30. The Morgan fingerprint density at radius 3 is 2.46 bits per heavy atom. The van der Waals surface area contributed by atoms with E-state index in [0.717, 1.165) is 11.6 Å². The fraction of sp³-hybridized carbons (Fsp3) is 0.400. The van der Waals surface area contributed by atoms with E-state index in [2.05, 4.69) is 12.2 Å². The van der Waals surface area contributed by atoms with Crippen LogP contribution >= 0.6 is 11.6 Å². The number of nitrogens with two attached hydrogens (primary N) is 1. The lowest BCUT2D eigenvalue weighted by molar-refractivity contribution is 0.562. The molecule has 72 valence electrons. The first-order chi connectivity index (χ1) is 6.27. The van der Waals surface area contributed by atoms with Crippen LogP contribution in [0.25, 0.3) is 0 Å². The number of rotatable bonds is 4. The summed E-state index contributed by atoms with van der Waals surface area (Å²) in [6.45, 7) is 3.60. The van der Waals surface area contributed by atoms with E-state index >= 15 is 0 Å². The summed E-state index contributed by atoms with van der Waals surface area (Å²) in [6, 6.07) is 8.01. The molecule has 1 rings (SSSR count). The molecule has 0 fully saturated rings. The van der Waals surface area contributed by atoms with Gasteiger partial charge in [-0.3, -0.25) is 0 Å². The van der Waals surface area contributed by atoms with E-state index in [4.69, 9.17) is 17.3 Å². The number of likely N-dealkylation sites (N-methyl/N-ethyl adjacent to an activating group) is 1. The molecule has 3 heteroatoms. The Morgan fingerprint density at radius 1 is 1.38 bits per heavy atom. The fourth-order valence-corrected chi connectivity index (χ4v) is 1.40. The Kier molecular flexibility index (Phi) is 4.22. The van der Waals surface area contributed by atoms with Gasteiger partial charge in [0.05, 0.1) is 0 Å². The molecule has 0 amide bonds. The van der Waals surface area contributed by atoms with Crippen molar-refractivity contribution in [3.05, 3.63) is 34.9 Å². The molecule has 0 aliphatic carbocycles. The van der Waals surface area contributed by atoms with Crippen molar-refractivity contribution in [1.29, 1.82) is 0 Å². The summed E-state index contributed by atoms with van der Waals surface area (Å²) >= 11 is 5.78.